The fourth-order valence-electron chi connectivity index (χ4n) is 9.06. The summed E-state index contributed by atoms with van der Waals surface area (Å²) in [4.78, 5) is 47.4. The first kappa shape index (κ1) is 42.2. The van der Waals surface area contributed by atoms with E-state index in [9.17, 15) is 29.7 Å². The van der Waals surface area contributed by atoms with Crippen molar-refractivity contribution in [3.8, 4) is 11.5 Å². The number of carbonyl (C=O) groups excluding carboxylic acids is 1. The van der Waals surface area contributed by atoms with E-state index < -0.39 is 18.2 Å². The Morgan fingerprint density at radius 3 is 2.27 bits per heavy atom. The van der Waals surface area contributed by atoms with Crippen LogP contribution in [-0.4, -0.2) is 92.3 Å². The second-order valence-corrected chi connectivity index (χ2v) is 16.3. The number of amides is 2. The topological polar surface area (TPSA) is 159 Å². The van der Waals surface area contributed by atoms with E-state index in [0.717, 1.165) is 54.7 Å². The number of benzene rings is 5. The number of hydrogen-bond donors (Lipinski definition) is 5. The molecule has 12 heteroatoms. The Balaban J connectivity index is 0.905. The number of nitrogens with zero attached hydrogens (tertiary/aromatic N) is 3. The molecule has 62 heavy (non-hydrogen) atoms. The number of piperidine rings is 3. The first-order valence-electron chi connectivity index (χ1n) is 21.4. The van der Waals surface area contributed by atoms with Gasteiger partial charge in [0.2, 0.25) is 5.56 Å². The standard InChI is InChI=1S/C50H53N5O7/c56-44-21-19-41(42-20-22-46(58)52-47(42)44)45(57)30-51-25-8-26-54(31-34-9-3-1-4-10-34)49(59)38-17-15-35(16-18-38)33-62-40-14-7-13-39(29-40)48(37-11-5-2-6-12-37)55(50(60)61)43-32-53-27-23-36(43)24-28-53/h1-7,9-22,29,36,43,45,48,51,56-57H,8,23-28,30-33H2,(H,52,58)(H,60,61)/t43-,45-,48-/m0/s1. The minimum absolute atomic E-state index is 0.0619. The van der Waals surface area contributed by atoms with Crippen LogP contribution in [0.15, 0.2) is 138 Å². The van der Waals surface area contributed by atoms with Crippen molar-refractivity contribution in [2.45, 2.75) is 50.6 Å². The van der Waals surface area contributed by atoms with Crippen molar-refractivity contribution < 1.29 is 29.6 Å². The molecule has 0 radical (unpaired) electrons. The molecule has 5 N–H and O–H groups in total. The molecule has 4 heterocycles. The number of aliphatic hydroxyl groups is 1. The van der Waals surface area contributed by atoms with Crippen molar-refractivity contribution in [1.29, 1.82) is 0 Å². The van der Waals surface area contributed by atoms with Crippen molar-refractivity contribution in [3.05, 3.63) is 177 Å². The van der Waals surface area contributed by atoms with Gasteiger partial charge in [0, 0.05) is 43.2 Å². The second-order valence-electron chi connectivity index (χ2n) is 16.3. The maximum atomic E-state index is 14.0. The van der Waals surface area contributed by atoms with Gasteiger partial charge in [0.05, 0.1) is 23.7 Å². The Labute approximate surface area is 361 Å². The predicted octanol–water partition coefficient (Wildman–Crippen LogP) is 7.33. The van der Waals surface area contributed by atoms with Crippen LogP contribution in [0.5, 0.6) is 11.5 Å². The fraction of sp³-hybridized carbons (Fsp3) is 0.300. The number of aliphatic hydroxyl groups excluding tert-OH is 1. The highest BCUT2D eigenvalue weighted by atomic mass is 16.5. The molecule has 0 spiro atoms. The number of aromatic hydroxyl groups is 1. The zero-order valence-electron chi connectivity index (χ0n) is 34.6. The summed E-state index contributed by atoms with van der Waals surface area (Å²) in [5.41, 5.74) is 4.75. The van der Waals surface area contributed by atoms with Gasteiger partial charge in [-0.15, -0.1) is 0 Å². The van der Waals surface area contributed by atoms with Crippen LogP contribution in [0.25, 0.3) is 10.9 Å². The highest BCUT2D eigenvalue weighted by molar-refractivity contribution is 5.94. The normalized spacial score (nSPS) is 17.9. The van der Waals surface area contributed by atoms with E-state index in [1.54, 1.807) is 17.0 Å². The number of aromatic amines is 1. The maximum absolute atomic E-state index is 14.0. The molecule has 3 saturated heterocycles. The summed E-state index contributed by atoms with van der Waals surface area (Å²) in [5.74, 6) is 0.802. The largest absolute Gasteiger partial charge is 0.506 e. The average molecular weight is 836 g/mol. The smallest absolute Gasteiger partial charge is 0.408 e. The lowest BCUT2D eigenvalue weighted by Crippen LogP contribution is -2.59. The third-order valence-electron chi connectivity index (χ3n) is 12.3. The van der Waals surface area contributed by atoms with Crippen molar-refractivity contribution in [1.82, 2.24) is 25.0 Å². The highest BCUT2D eigenvalue weighted by Crippen LogP contribution is 2.39. The average Bonchev–Trinajstić information content (AvgIpc) is 3.30. The quantitative estimate of drug-likeness (QED) is 0.0594. The van der Waals surface area contributed by atoms with Crippen LogP contribution < -0.4 is 15.6 Å². The van der Waals surface area contributed by atoms with Crippen LogP contribution in [0.4, 0.5) is 4.79 Å². The van der Waals surface area contributed by atoms with Crippen LogP contribution in [0.2, 0.25) is 0 Å². The zero-order valence-corrected chi connectivity index (χ0v) is 34.6. The van der Waals surface area contributed by atoms with Crippen LogP contribution in [0.1, 0.15) is 69.6 Å². The van der Waals surface area contributed by atoms with Gasteiger partial charge >= 0.3 is 6.09 Å². The fourth-order valence-corrected chi connectivity index (χ4v) is 9.06. The van der Waals surface area contributed by atoms with Crippen LogP contribution in [0, 0.1) is 5.92 Å². The first-order valence-corrected chi connectivity index (χ1v) is 21.4. The van der Waals surface area contributed by atoms with E-state index in [0.29, 0.717) is 54.2 Å². The van der Waals surface area contributed by atoms with Gasteiger partial charge in [0.15, 0.2) is 0 Å². The first-order chi connectivity index (χ1) is 30.2. The lowest BCUT2D eigenvalue weighted by molar-refractivity contribution is -0.000814. The molecule has 0 unspecified atom stereocenters. The number of rotatable bonds is 17. The van der Waals surface area contributed by atoms with Gasteiger partial charge in [-0.05, 0) is 109 Å². The van der Waals surface area contributed by atoms with Gasteiger partial charge in [-0.2, -0.15) is 0 Å². The second kappa shape index (κ2) is 19.5. The lowest BCUT2D eigenvalue weighted by Gasteiger charge is -2.50. The maximum Gasteiger partial charge on any atom is 0.408 e. The van der Waals surface area contributed by atoms with Gasteiger partial charge < -0.3 is 40.2 Å². The number of carboxylic acid groups (broad SMARTS) is 1. The number of ether oxygens (including phenoxy) is 1. The SMILES string of the molecule is O=C(c1ccc(COc2cccc([C@H](c3ccccc3)N(C(=O)O)[C@H]3CN4CCC3CC4)c2)cc1)N(CCCNC[C@H](O)c1ccc(O)c2[nH]c(=O)ccc12)Cc1ccccc1. The Morgan fingerprint density at radius 1 is 0.839 bits per heavy atom. The van der Waals surface area contributed by atoms with Crippen molar-refractivity contribution >= 4 is 22.9 Å². The van der Waals surface area contributed by atoms with E-state index >= 15 is 0 Å². The number of aromatic nitrogens is 1. The van der Waals surface area contributed by atoms with Crippen molar-refractivity contribution in [3.63, 3.8) is 0 Å². The van der Waals surface area contributed by atoms with Gasteiger partial charge in [-0.3, -0.25) is 14.5 Å². The minimum atomic E-state index is -0.922. The predicted molar refractivity (Wildman–Crippen MR) is 238 cm³/mol. The highest BCUT2D eigenvalue weighted by Gasteiger charge is 2.43. The van der Waals surface area contributed by atoms with Crippen LogP contribution in [-0.2, 0) is 13.2 Å². The van der Waals surface area contributed by atoms with Crippen LogP contribution in [0.3, 0.4) is 0 Å². The van der Waals surface area contributed by atoms with Gasteiger partial charge in [0.25, 0.3) is 5.91 Å². The van der Waals surface area contributed by atoms with E-state index in [2.05, 4.69) is 15.2 Å². The molecule has 9 rings (SSSR count). The number of phenolic OH excluding ortho intramolecular Hbond substituents is 1. The molecule has 0 aliphatic carbocycles. The number of H-pyrrole nitrogens is 1. The number of carbonyl (C=O) groups is 2. The van der Waals surface area contributed by atoms with Gasteiger partial charge in [0.1, 0.15) is 18.1 Å². The van der Waals surface area contributed by atoms with Crippen molar-refractivity contribution in [2.75, 3.05) is 39.3 Å². The lowest BCUT2D eigenvalue weighted by atomic mass is 9.81. The zero-order chi connectivity index (χ0) is 43.0. The van der Waals surface area contributed by atoms with Crippen molar-refractivity contribution in [2.24, 2.45) is 5.92 Å². The number of hydrogen-bond acceptors (Lipinski definition) is 8. The molecule has 3 aliphatic heterocycles. The molecule has 6 aromatic rings. The summed E-state index contributed by atoms with van der Waals surface area (Å²) in [6, 6.07) is 40.3. The Bertz CT molecular complexity index is 2510. The van der Waals surface area contributed by atoms with Gasteiger partial charge in [-0.25, -0.2) is 4.79 Å². The summed E-state index contributed by atoms with van der Waals surface area (Å²) >= 11 is 0. The summed E-state index contributed by atoms with van der Waals surface area (Å²) in [7, 11) is 0. The minimum Gasteiger partial charge on any atom is -0.506 e. The molecule has 5 aromatic carbocycles. The number of fused-ring (bicyclic) bond motifs is 4. The summed E-state index contributed by atoms with van der Waals surface area (Å²) in [5, 5.41) is 35.8. The van der Waals surface area contributed by atoms with E-state index in [1.807, 2.05) is 114 Å². The molecular formula is C50H53N5O7. The van der Waals surface area contributed by atoms with Gasteiger partial charge in [-0.1, -0.05) is 91.0 Å². The van der Waals surface area contributed by atoms with E-state index in [-0.39, 0.29) is 41.9 Å². The third-order valence-corrected chi connectivity index (χ3v) is 12.3. The molecule has 1 aromatic heterocycles. The summed E-state index contributed by atoms with van der Waals surface area (Å²) < 4.78 is 6.31. The van der Waals surface area contributed by atoms with Crippen LogP contribution >= 0.6 is 0 Å². The van der Waals surface area contributed by atoms with E-state index in [4.69, 9.17) is 4.74 Å². The molecule has 320 valence electrons. The van der Waals surface area contributed by atoms with E-state index in [1.165, 1.54) is 12.1 Å². The number of pyridine rings is 1. The molecular weight excluding hydrogens is 783 g/mol. The molecule has 2 bridgehead atoms. The molecule has 0 saturated carbocycles. The monoisotopic (exact) mass is 835 g/mol. The third kappa shape index (κ3) is 9.84. The Morgan fingerprint density at radius 2 is 1.56 bits per heavy atom. The summed E-state index contributed by atoms with van der Waals surface area (Å²) in [6.07, 6.45) is 0.841. The number of nitrogens with one attached hydrogen (secondary N) is 2. The molecule has 3 fully saturated rings. The molecule has 3 aliphatic rings. The Hall–Kier alpha value is -6.47. The molecule has 12 nitrogen and oxygen atoms in total. The summed E-state index contributed by atoms with van der Waals surface area (Å²) in [6.45, 7) is 4.75. The molecule has 3 atom stereocenters. The number of phenols is 1. The Kier molecular flexibility index (Phi) is 13.3. The molecule has 2 amide bonds.